The van der Waals surface area contributed by atoms with Gasteiger partial charge in [0, 0.05) is 45.8 Å². The molecule has 2 aliphatic heterocycles. The molecule has 1 atom stereocenters. The molecule has 0 radical (unpaired) electrons. The van der Waals surface area contributed by atoms with Gasteiger partial charge in [0.2, 0.25) is 15.9 Å². The zero-order valence-electron chi connectivity index (χ0n) is 16.7. The fourth-order valence-corrected chi connectivity index (χ4v) is 5.55. The van der Waals surface area contributed by atoms with E-state index in [1.807, 2.05) is 11.8 Å². The number of piperidine rings is 1. The van der Waals surface area contributed by atoms with E-state index in [1.165, 1.54) is 4.31 Å². The van der Waals surface area contributed by atoms with Gasteiger partial charge in [0.25, 0.3) is 0 Å². The van der Waals surface area contributed by atoms with Crippen LogP contribution in [-0.2, 0) is 14.8 Å². The molecule has 7 nitrogen and oxygen atoms in total. The Balaban J connectivity index is 1.94. The quantitative estimate of drug-likeness (QED) is 0.612. The average molecular weight is 389 g/mol. The summed E-state index contributed by atoms with van der Waals surface area (Å²) in [7, 11) is 0.794. The minimum Gasteiger partial charge on any atom is -0.339 e. The molecule has 0 spiro atoms. The van der Waals surface area contributed by atoms with E-state index in [0.717, 1.165) is 45.4 Å². The predicted molar refractivity (Wildman–Crippen MR) is 105 cm³/mol. The lowest BCUT2D eigenvalue weighted by atomic mass is 10.0. The van der Waals surface area contributed by atoms with Crippen molar-refractivity contribution in [1.29, 1.82) is 0 Å². The molecular weight excluding hydrogens is 352 g/mol. The van der Waals surface area contributed by atoms with Crippen LogP contribution in [0.15, 0.2) is 0 Å². The van der Waals surface area contributed by atoms with E-state index < -0.39 is 16.1 Å². The van der Waals surface area contributed by atoms with Crippen LogP contribution in [0.25, 0.3) is 0 Å². The lowest BCUT2D eigenvalue weighted by Crippen LogP contribution is -2.57. The molecule has 0 saturated carbocycles. The first-order valence-corrected chi connectivity index (χ1v) is 11.6. The summed E-state index contributed by atoms with van der Waals surface area (Å²) >= 11 is 0. The van der Waals surface area contributed by atoms with Crippen LogP contribution in [0.4, 0.5) is 0 Å². The van der Waals surface area contributed by atoms with Gasteiger partial charge in [-0.2, -0.15) is 4.31 Å². The van der Waals surface area contributed by atoms with Crippen LogP contribution in [0.2, 0.25) is 0 Å². The Morgan fingerprint density at radius 1 is 1.08 bits per heavy atom. The maximum absolute atomic E-state index is 13.0. The van der Waals surface area contributed by atoms with Gasteiger partial charge in [0.1, 0.15) is 6.04 Å². The van der Waals surface area contributed by atoms with Crippen molar-refractivity contribution in [3.05, 3.63) is 0 Å². The van der Waals surface area contributed by atoms with Crippen molar-refractivity contribution in [3.8, 4) is 0 Å². The van der Waals surface area contributed by atoms with Gasteiger partial charge in [-0.3, -0.25) is 9.69 Å². The fourth-order valence-electron chi connectivity index (χ4n) is 3.67. The number of unbranched alkanes of at least 4 members (excludes halogenated alkanes) is 1. The van der Waals surface area contributed by atoms with Crippen LogP contribution in [0.5, 0.6) is 0 Å². The molecule has 0 aliphatic carbocycles. The maximum atomic E-state index is 13.0. The predicted octanol–water partition coefficient (Wildman–Crippen LogP) is 0.677. The molecular formula is C18H36N4O3S. The number of hydrogen-bond acceptors (Lipinski definition) is 5. The van der Waals surface area contributed by atoms with E-state index in [0.29, 0.717) is 32.5 Å². The number of likely N-dealkylation sites (N-methyl/N-ethyl adjacent to an activating group) is 1. The first-order chi connectivity index (χ1) is 12.3. The summed E-state index contributed by atoms with van der Waals surface area (Å²) in [6.45, 7) is 7.65. The number of rotatable bonds is 8. The molecule has 0 N–H and O–H groups in total. The van der Waals surface area contributed by atoms with Gasteiger partial charge in [-0.25, -0.2) is 8.42 Å². The first-order valence-electron chi connectivity index (χ1n) is 10.0. The summed E-state index contributed by atoms with van der Waals surface area (Å²) in [5.74, 6) is 0.169. The topological polar surface area (TPSA) is 64.2 Å². The van der Waals surface area contributed by atoms with E-state index in [2.05, 4.69) is 23.9 Å². The Morgan fingerprint density at radius 2 is 1.77 bits per heavy atom. The number of carbonyl (C=O) groups excluding carboxylic acids is 1. The second-order valence-corrected chi connectivity index (χ2v) is 9.80. The minimum absolute atomic E-state index is 0.0111. The van der Waals surface area contributed by atoms with Crippen molar-refractivity contribution in [3.63, 3.8) is 0 Å². The van der Waals surface area contributed by atoms with Crippen LogP contribution < -0.4 is 0 Å². The lowest BCUT2D eigenvalue weighted by molar-refractivity contribution is -0.138. The summed E-state index contributed by atoms with van der Waals surface area (Å²) in [4.78, 5) is 19.5. The molecule has 1 amide bonds. The summed E-state index contributed by atoms with van der Waals surface area (Å²) in [6, 6.07) is -0.487. The normalized spacial score (nSPS) is 23.5. The highest BCUT2D eigenvalue weighted by molar-refractivity contribution is 7.89. The SMILES string of the molecule is CCCCS(=O)(=O)N1CCCCC1C(=O)N1CCN(CCN(C)C)CC1. The van der Waals surface area contributed by atoms with Crippen LogP contribution >= 0.6 is 0 Å². The van der Waals surface area contributed by atoms with Crippen molar-refractivity contribution in [1.82, 2.24) is 19.0 Å². The van der Waals surface area contributed by atoms with Crippen molar-refractivity contribution in [2.75, 3.05) is 65.7 Å². The van der Waals surface area contributed by atoms with Gasteiger partial charge in [-0.1, -0.05) is 19.8 Å². The molecule has 8 heteroatoms. The number of nitrogens with zero attached hydrogens (tertiary/aromatic N) is 4. The van der Waals surface area contributed by atoms with E-state index >= 15 is 0 Å². The largest absolute Gasteiger partial charge is 0.339 e. The Labute approximate surface area is 159 Å². The average Bonchev–Trinajstić information content (AvgIpc) is 2.64. The van der Waals surface area contributed by atoms with Gasteiger partial charge in [-0.15, -0.1) is 0 Å². The van der Waals surface area contributed by atoms with Crippen molar-refractivity contribution in [2.45, 2.75) is 45.1 Å². The maximum Gasteiger partial charge on any atom is 0.241 e. The molecule has 2 heterocycles. The Bertz CT molecular complexity index is 545. The van der Waals surface area contributed by atoms with Crippen LogP contribution in [-0.4, -0.2) is 105 Å². The van der Waals surface area contributed by atoms with E-state index in [1.54, 1.807) is 0 Å². The Hall–Kier alpha value is -0.700. The molecule has 1 unspecified atom stereocenters. The van der Waals surface area contributed by atoms with Gasteiger partial charge in [0.05, 0.1) is 5.75 Å². The lowest BCUT2D eigenvalue weighted by Gasteiger charge is -2.40. The van der Waals surface area contributed by atoms with Crippen LogP contribution in [0.3, 0.4) is 0 Å². The number of sulfonamides is 1. The molecule has 0 aromatic carbocycles. The number of amides is 1. The van der Waals surface area contributed by atoms with E-state index in [-0.39, 0.29) is 11.7 Å². The molecule has 26 heavy (non-hydrogen) atoms. The van der Waals surface area contributed by atoms with E-state index in [9.17, 15) is 13.2 Å². The highest BCUT2D eigenvalue weighted by atomic mass is 32.2. The minimum atomic E-state index is -3.34. The molecule has 2 saturated heterocycles. The summed E-state index contributed by atoms with van der Waals surface area (Å²) in [6.07, 6.45) is 3.95. The second kappa shape index (κ2) is 10.0. The highest BCUT2D eigenvalue weighted by Gasteiger charge is 2.38. The molecule has 0 bridgehead atoms. The third-order valence-electron chi connectivity index (χ3n) is 5.40. The smallest absolute Gasteiger partial charge is 0.241 e. The monoisotopic (exact) mass is 388 g/mol. The molecule has 152 valence electrons. The molecule has 0 aromatic heterocycles. The number of piperazine rings is 1. The van der Waals surface area contributed by atoms with Crippen LogP contribution in [0.1, 0.15) is 39.0 Å². The van der Waals surface area contributed by atoms with Crippen LogP contribution in [0, 0.1) is 0 Å². The van der Waals surface area contributed by atoms with Crippen molar-refractivity contribution < 1.29 is 13.2 Å². The number of carbonyl (C=O) groups is 1. The molecule has 0 aromatic rings. The van der Waals surface area contributed by atoms with Gasteiger partial charge < -0.3 is 9.80 Å². The summed E-state index contributed by atoms with van der Waals surface area (Å²) < 4.78 is 26.9. The zero-order chi connectivity index (χ0) is 19.2. The second-order valence-electron chi connectivity index (χ2n) is 7.76. The van der Waals surface area contributed by atoms with Gasteiger partial charge in [-0.05, 0) is 33.4 Å². The fraction of sp³-hybridized carbons (Fsp3) is 0.944. The van der Waals surface area contributed by atoms with Crippen molar-refractivity contribution in [2.24, 2.45) is 0 Å². The Kier molecular flexibility index (Phi) is 8.32. The van der Waals surface area contributed by atoms with E-state index in [4.69, 9.17) is 0 Å². The third kappa shape index (κ3) is 5.90. The number of hydrogen-bond donors (Lipinski definition) is 0. The third-order valence-corrected chi connectivity index (χ3v) is 7.36. The Morgan fingerprint density at radius 3 is 2.38 bits per heavy atom. The summed E-state index contributed by atoms with van der Waals surface area (Å²) in [5.41, 5.74) is 0. The standard InChI is InChI=1S/C18H36N4O3S/c1-4-5-16-26(24,25)22-9-7-6-8-17(22)18(23)21-14-12-20(13-15-21)11-10-19(2)3/h17H,4-16H2,1-3H3. The van der Waals surface area contributed by atoms with Gasteiger partial charge in [0.15, 0.2) is 0 Å². The molecule has 2 aliphatic rings. The molecule has 2 fully saturated rings. The summed E-state index contributed by atoms with van der Waals surface area (Å²) in [5, 5.41) is 0. The zero-order valence-corrected chi connectivity index (χ0v) is 17.5. The van der Waals surface area contributed by atoms with Gasteiger partial charge >= 0.3 is 0 Å². The van der Waals surface area contributed by atoms with Crippen molar-refractivity contribution >= 4 is 15.9 Å². The molecule has 2 rings (SSSR count). The highest BCUT2D eigenvalue weighted by Crippen LogP contribution is 2.23. The first kappa shape index (κ1) is 21.6.